The van der Waals surface area contributed by atoms with Gasteiger partial charge in [-0.15, -0.1) is 5.10 Å². The molecule has 4 aromatic rings. The number of Topliss-reactive ketones (excluding diaryl/α,β-unsaturated/α-hetero) is 1. The van der Waals surface area contributed by atoms with Crippen molar-refractivity contribution in [3.05, 3.63) is 89.7 Å². The lowest BCUT2D eigenvalue weighted by molar-refractivity contribution is -0.127. The van der Waals surface area contributed by atoms with Crippen molar-refractivity contribution in [2.75, 3.05) is 4.90 Å². The molecule has 5 rings (SSSR count). The summed E-state index contributed by atoms with van der Waals surface area (Å²) in [6.45, 7) is 1.23. The number of fused-ring (bicyclic) bond motifs is 1. The zero-order valence-electron chi connectivity index (χ0n) is 21.7. The Balaban J connectivity index is 1.58. The van der Waals surface area contributed by atoms with Gasteiger partial charge in [-0.3, -0.25) is 19.3 Å². The Morgan fingerprint density at radius 1 is 0.974 bits per heavy atom. The molecule has 0 spiro atoms. The molecular formula is C30H30FN5O3. The van der Waals surface area contributed by atoms with Crippen LogP contribution < -0.4 is 10.2 Å². The van der Waals surface area contributed by atoms with Gasteiger partial charge in [-0.05, 0) is 62.2 Å². The number of ketones is 1. The zero-order valence-corrected chi connectivity index (χ0v) is 21.7. The third-order valence-corrected chi connectivity index (χ3v) is 7.18. The molecule has 1 aliphatic rings. The summed E-state index contributed by atoms with van der Waals surface area (Å²) in [5.41, 5.74) is 2.19. The van der Waals surface area contributed by atoms with Gasteiger partial charge in [-0.2, -0.15) is 0 Å². The highest BCUT2D eigenvalue weighted by Gasteiger charge is 2.36. The van der Waals surface area contributed by atoms with Crippen molar-refractivity contribution in [1.29, 1.82) is 0 Å². The van der Waals surface area contributed by atoms with Gasteiger partial charge in [0.05, 0.1) is 5.52 Å². The lowest BCUT2D eigenvalue weighted by atomic mass is 9.94. The van der Waals surface area contributed by atoms with Gasteiger partial charge in [-0.25, -0.2) is 9.07 Å². The molecule has 1 heterocycles. The summed E-state index contributed by atoms with van der Waals surface area (Å²) in [5, 5.41) is 11.3. The molecule has 1 saturated carbocycles. The van der Waals surface area contributed by atoms with E-state index in [1.54, 1.807) is 48.5 Å². The minimum Gasteiger partial charge on any atom is -0.351 e. The van der Waals surface area contributed by atoms with Crippen molar-refractivity contribution in [2.45, 2.75) is 57.7 Å². The largest absolute Gasteiger partial charge is 0.351 e. The number of halogens is 1. The quantitative estimate of drug-likeness (QED) is 0.326. The van der Waals surface area contributed by atoms with Crippen LogP contribution in [0.5, 0.6) is 0 Å². The van der Waals surface area contributed by atoms with E-state index in [9.17, 15) is 14.4 Å². The third-order valence-electron chi connectivity index (χ3n) is 7.18. The molecule has 9 heteroatoms. The van der Waals surface area contributed by atoms with Gasteiger partial charge in [0.1, 0.15) is 23.9 Å². The number of carbonyl (C=O) groups is 3. The molecule has 0 aliphatic heterocycles. The van der Waals surface area contributed by atoms with E-state index < -0.39 is 23.7 Å². The molecule has 0 saturated heterocycles. The number of carbonyl (C=O) groups excluding carboxylic acids is 3. The maximum absolute atomic E-state index is 15.3. The van der Waals surface area contributed by atoms with Crippen LogP contribution in [-0.2, 0) is 16.1 Å². The first-order valence-corrected chi connectivity index (χ1v) is 13.2. The van der Waals surface area contributed by atoms with Crippen LogP contribution in [0.4, 0.5) is 10.1 Å². The normalized spacial score (nSPS) is 14.6. The molecule has 39 heavy (non-hydrogen) atoms. The van der Waals surface area contributed by atoms with E-state index in [2.05, 4.69) is 15.6 Å². The number of rotatable bonds is 8. The van der Waals surface area contributed by atoms with Gasteiger partial charge in [-0.1, -0.05) is 54.8 Å². The molecule has 8 nitrogen and oxygen atoms in total. The van der Waals surface area contributed by atoms with E-state index in [0.717, 1.165) is 32.1 Å². The second-order valence-electron chi connectivity index (χ2n) is 9.87. The van der Waals surface area contributed by atoms with E-state index in [4.69, 9.17) is 0 Å². The summed E-state index contributed by atoms with van der Waals surface area (Å²) < 4.78 is 16.7. The topological polar surface area (TPSA) is 97.2 Å². The summed E-state index contributed by atoms with van der Waals surface area (Å²) in [4.78, 5) is 41.2. The monoisotopic (exact) mass is 527 g/mol. The molecule has 1 aliphatic carbocycles. The third kappa shape index (κ3) is 5.72. The molecule has 0 bridgehead atoms. The highest BCUT2D eigenvalue weighted by molar-refractivity contribution is 6.02. The van der Waals surface area contributed by atoms with Crippen LogP contribution in [0, 0.1) is 5.82 Å². The van der Waals surface area contributed by atoms with Gasteiger partial charge < -0.3 is 5.32 Å². The fourth-order valence-corrected chi connectivity index (χ4v) is 5.15. The first kappa shape index (κ1) is 26.2. The minimum atomic E-state index is -1.28. The van der Waals surface area contributed by atoms with Crippen LogP contribution in [-0.4, -0.2) is 38.6 Å². The average molecular weight is 528 g/mol. The Morgan fingerprint density at radius 3 is 2.38 bits per heavy atom. The number of hydrogen-bond donors (Lipinski definition) is 1. The highest BCUT2D eigenvalue weighted by Crippen LogP contribution is 2.31. The summed E-state index contributed by atoms with van der Waals surface area (Å²) in [5.74, 6) is -1.66. The van der Waals surface area contributed by atoms with Gasteiger partial charge in [0.2, 0.25) is 11.8 Å². The predicted octanol–water partition coefficient (Wildman–Crippen LogP) is 5.00. The molecule has 200 valence electrons. The molecule has 1 fully saturated rings. The summed E-state index contributed by atoms with van der Waals surface area (Å²) >= 11 is 0. The second-order valence-corrected chi connectivity index (χ2v) is 9.87. The number of aromatic nitrogens is 3. The number of nitrogens with one attached hydrogen (secondary N) is 1. The maximum Gasteiger partial charge on any atom is 0.249 e. The number of hydrogen-bond acceptors (Lipinski definition) is 5. The lowest BCUT2D eigenvalue weighted by Gasteiger charge is -2.33. The first-order valence-electron chi connectivity index (χ1n) is 13.2. The van der Waals surface area contributed by atoms with E-state index in [-0.39, 0.29) is 23.9 Å². The van der Waals surface area contributed by atoms with E-state index in [1.807, 2.05) is 12.1 Å². The number of anilines is 1. The van der Waals surface area contributed by atoms with Crippen molar-refractivity contribution in [3.8, 4) is 0 Å². The van der Waals surface area contributed by atoms with E-state index in [0.29, 0.717) is 22.3 Å². The fourth-order valence-electron chi connectivity index (χ4n) is 5.15. The summed E-state index contributed by atoms with van der Waals surface area (Å²) in [6.07, 6.45) is 4.79. The molecule has 2 amide bonds. The number of benzene rings is 3. The fraction of sp³-hybridized carbons (Fsp3) is 0.300. The number of para-hydroxylation sites is 1. The van der Waals surface area contributed by atoms with Gasteiger partial charge in [0.15, 0.2) is 5.78 Å². The molecule has 0 unspecified atom stereocenters. The van der Waals surface area contributed by atoms with E-state index >= 15 is 4.39 Å². The van der Waals surface area contributed by atoms with Crippen LogP contribution in [0.25, 0.3) is 11.0 Å². The molecule has 1 N–H and O–H groups in total. The van der Waals surface area contributed by atoms with Crippen molar-refractivity contribution in [1.82, 2.24) is 20.3 Å². The van der Waals surface area contributed by atoms with Crippen molar-refractivity contribution in [2.24, 2.45) is 0 Å². The molecule has 1 aromatic heterocycles. The summed E-state index contributed by atoms with van der Waals surface area (Å²) in [6, 6.07) is 18.3. The average Bonchev–Trinajstić information content (AvgIpc) is 3.35. The van der Waals surface area contributed by atoms with Crippen molar-refractivity contribution >= 4 is 34.3 Å². The highest BCUT2D eigenvalue weighted by atomic mass is 19.1. The number of nitrogens with zero attached hydrogens (tertiary/aromatic N) is 4. The smallest absolute Gasteiger partial charge is 0.249 e. The zero-order chi connectivity index (χ0) is 27.4. The maximum atomic E-state index is 15.3. The van der Waals surface area contributed by atoms with Crippen LogP contribution in [0.2, 0.25) is 0 Å². The Morgan fingerprint density at radius 2 is 1.67 bits per heavy atom. The van der Waals surface area contributed by atoms with Gasteiger partial charge in [0.25, 0.3) is 0 Å². The van der Waals surface area contributed by atoms with Crippen LogP contribution in [0.3, 0.4) is 0 Å². The van der Waals surface area contributed by atoms with Crippen molar-refractivity contribution in [3.63, 3.8) is 0 Å². The van der Waals surface area contributed by atoms with Crippen LogP contribution >= 0.6 is 0 Å². The molecular weight excluding hydrogens is 497 g/mol. The Labute approximate surface area is 225 Å². The second kappa shape index (κ2) is 11.6. The Hall–Kier alpha value is -4.40. The SMILES string of the molecule is CC(=O)c1ccc(N(C(=O)Cn2nnc3ccccc32)[C@@H](C(=O)NC2CCCCC2)c2ccccc2F)cc1. The summed E-state index contributed by atoms with van der Waals surface area (Å²) in [7, 11) is 0. The minimum absolute atomic E-state index is 0.0446. The predicted molar refractivity (Wildman–Crippen MR) is 146 cm³/mol. The van der Waals surface area contributed by atoms with E-state index in [1.165, 1.54) is 28.6 Å². The number of amides is 2. The molecule has 0 radical (unpaired) electrons. The molecule has 3 aromatic carbocycles. The van der Waals surface area contributed by atoms with Crippen molar-refractivity contribution < 1.29 is 18.8 Å². The molecule has 1 atom stereocenters. The van der Waals surface area contributed by atoms with Crippen LogP contribution in [0.1, 0.15) is 61.0 Å². The first-order chi connectivity index (χ1) is 18.9. The lowest BCUT2D eigenvalue weighted by Crippen LogP contribution is -2.48. The Kier molecular flexibility index (Phi) is 7.76. The van der Waals surface area contributed by atoms with Crippen LogP contribution in [0.15, 0.2) is 72.8 Å². The van der Waals surface area contributed by atoms with Gasteiger partial charge >= 0.3 is 0 Å². The Bertz CT molecular complexity index is 1490. The standard InChI is InChI=1S/C30H30FN5O3/c1-20(37)21-15-17-23(18-16-21)36(28(38)19-35-27-14-8-7-13-26(27)33-34-35)29(24-11-5-6-12-25(24)31)30(39)32-22-9-3-2-4-10-22/h5-8,11-18,22,29H,2-4,9-10,19H2,1H3,(H,32,39)/t29-/m1/s1. The van der Waals surface area contributed by atoms with Gasteiger partial charge in [0, 0.05) is 22.9 Å².